The number of hydrogen-bond acceptors (Lipinski definition) is 3. The van der Waals surface area contributed by atoms with E-state index in [1.54, 1.807) is 12.1 Å². The lowest BCUT2D eigenvalue weighted by Gasteiger charge is -2.34. The van der Waals surface area contributed by atoms with Crippen molar-refractivity contribution in [2.75, 3.05) is 18.0 Å². The van der Waals surface area contributed by atoms with Crippen molar-refractivity contribution in [3.05, 3.63) is 82.9 Å². The van der Waals surface area contributed by atoms with E-state index in [9.17, 15) is 9.18 Å². The van der Waals surface area contributed by atoms with Crippen molar-refractivity contribution in [2.45, 2.75) is 39.3 Å². The number of benzene rings is 2. The van der Waals surface area contributed by atoms with Crippen LogP contribution in [0.15, 0.2) is 54.6 Å². The zero-order valence-electron chi connectivity index (χ0n) is 17.4. The quantitative estimate of drug-likeness (QED) is 0.694. The first-order valence-corrected chi connectivity index (χ1v) is 10.4. The Balaban J connectivity index is 1.46. The third-order valence-corrected chi connectivity index (χ3v) is 5.71. The van der Waals surface area contributed by atoms with E-state index in [4.69, 9.17) is 0 Å². The Morgan fingerprint density at radius 3 is 2.73 bits per heavy atom. The summed E-state index contributed by atoms with van der Waals surface area (Å²) in [6.07, 6.45) is 1.86. The summed E-state index contributed by atoms with van der Waals surface area (Å²) in [5, 5.41) is 7.78. The number of nitrogens with one attached hydrogen (secondary N) is 1. The summed E-state index contributed by atoms with van der Waals surface area (Å²) in [7, 11) is 0. The minimum absolute atomic E-state index is 0.0193. The van der Waals surface area contributed by atoms with E-state index in [0.717, 1.165) is 42.0 Å². The van der Waals surface area contributed by atoms with Gasteiger partial charge in [-0.1, -0.05) is 36.4 Å². The van der Waals surface area contributed by atoms with Crippen molar-refractivity contribution in [2.24, 2.45) is 0 Å². The third kappa shape index (κ3) is 4.37. The van der Waals surface area contributed by atoms with Crippen molar-refractivity contribution in [1.82, 2.24) is 15.1 Å². The summed E-state index contributed by atoms with van der Waals surface area (Å²) >= 11 is 0. The minimum atomic E-state index is -0.240. The standard InChI is InChI=1S/C24H27FN4O/c1-17-23(18(2)29(27-17)15-19-8-4-3-5-9-19)24(30)26-21-11-7-13-28(16-21)22-12-6-10-20(25)14-22/h3-6,8-10,12,14,21H,7,11,13,15-16H2,1-2H3,(H,26,30). The second-order valence-corrected chi connectivity index (χ2v) is 7.93. The highest BCUT2D eigenvalue weighted by atomic mass is 19.1. The molecule has 1 unspecified atom stereocenters. The van der Waals surface area contributed by atoms with Crippen LogP contribution in [-0.2, 0) is 6.54 Å². The van der Waals surface area contributed by atoms with Crippen molar-refractivity contribution in [3.63, 3.8) is 0 Å². The molecule has 0 aliphatic carbocycles. The van der Waals surface area contributed by atoms with E-state index in [1.807, 2.05) is 42.8 Å². The normalized spacial score (nSPS) is 16.5. The maximum atomic E-state index is 13.6. The van der Waals surface area contributed by atoms with E-state index in [-0.39, 0.29) is 17.8 Å². The first-order valence-electron chi connectivity index (χ1n) is 10.4. The van der Waals surface area contributed by atoms with E-state index in [2.05, 4.69) is 27.4 Å². The number of anilines is 1. The van der Waals surface area contributed by atoms with Crippen molar-refractivity contribution >= 4 is 11.6 Å². The molecule has 6 heteroatoms. The van der Waals surface area contributed by atoms with E-state index in [1.165, 1.54) is 6.07 Å². The lowest BCUT2D eigenvalue weighted by atomic mass is 10.0. The van der Waals surface area contributed by atoms with Crippen LogP contribution in [0.1, 0.15) is 40.2 Å². The van der Waals surface area contributed by atoms with Crippen LogP contribution in [0.5, 0.6) is 0 Å². The Labute approximate surface area is 176 Å². The molecule has 1 saturated heterocycles. The van der Waals surface area contributed by atoms with Crippen LogP contribution >= 0.6 is 0 Å². The van der Waals surface area contributed by atoms with Crippen molar-refractivity contribution < 1.29 is 9.18 Å². The van der Waals surface area contributed by atoms with Crippen LogP contribution in [0.2, 0.25) is 0 Å². The molecule has 1 amide bonds. The molecule has 0 bridgehead atoms. The molecule has 0 spiro atoms. The van der Waals surface area contributed by atoms with Gasteiger partial charge in [0.2, 0.25) is 0 Å². The van der Waals surface area contributed by atoms with Gasteiger partial charge in [-0.05, 0) is 50.5 Å². The molecule has 1 N–H and O–H groups in total. The smallest absolute Gasteiger partial charge is 0.255 e. The molecular weight excluding hydrogens is 379 g/mol. The average molecular weight is 407 g/mol. The summed E-state index contributed by atoms with van der Waals surface area (Å²) in [5.74, 6) is -0.328. The molecule has 3 aromatic rings. The third-order valence-electron chi connectivity index (χ3n) is 5.71. The van der Waals surface area contributed by atoms with Crippen LogP contribution < -0.4 is 10.2 Å². The summed E-state index contributed by atoms with van der Waals surface area (Å²) in [6, 6.07) is 16.8. The molecule has 1 atom stereocenters. The van der Waals surface area contributed by atoms with Gasteiger partial charge in [0.05, 0.1) is 17.8 Å². The van der Waals surface area contributed by atoms with Gasteiger partial charge in [-0.15, -0.1) is 0 Å². The predicted molar refractivity (Wildman–Crippen MR) is 116 cm³/mol. The number of aryl methyl sites for hydroxylation is 1. The average Bonchev–Trinajstić information content (AvgIpc) is 3.02. The maximum Gasteiger partial charge on any atom is 0.255 e. The Hall–Kier alpha value is -3.15. The fourth-order valence-electron chi connectivity index (χ4n) is 4.20. The summed E-state index contributed by atoms with van der Waals surface area (Å²) in [5.41, 5.74) is 4.25. The molecule has 5 nitrogen and oxygen atoms in total. The monoisotopic (exact) mass is 406 g/mol. The molecule has 4 rings (SSSR count). The second-order valence-electron chi connectivity index (χ2n) is 7.93. The largest absolute Gasteiger partial charge is 0.369 e. The van der Waals surface area contributed by atoms with Gasteiger partial charge in [0.15, 0.2) is 0 Å². The SMILES string of the molecule is Cc1nn(Cc2ccccc2)c(C)c1C(=O)NC1CCCN(c2cccc(F)c2)C1. The number of aromatic nitrogens is 2. The fourth-order valence-corrected chi connectivity index (χ4v) is 4.20. The van der Waals surface area contributed by atoms with Gasteiger partial charge in [-0.2, -0.15) is 5.10 Å². The summed E-state index contributed by atoms with van der Waals surface area (Å²) in [4.78, 5) is 15.2. The number of piperidine rings is 1. The van der Waals surface area contributed by atoms with Gasteiger partial charge in [0.25, 0.3) is 5.91 Å². The van der Waals surface area contributed by atoms with Gasteiger partial charge in [-0.3, -0.25) is 9.48 Å². The molecule has 1 fully saturated rings. The number of halogens is 1. The Morgan fingerprint density at radius 1 is 1.17 bits per heavy atom. The highest BCUT2D eigenvalue weighted by molar-refractivity contribution is 5.96. The topological polar surface area (TPSA) is 50.2 Å². The minimum Gasteiger partial charge on any atom is -0.369 e. The molecule has 0 saturated carbocycles. The first kappa shape index (κ1) is 20.1. The zero-order valence-corrected chi connectivity index (χ0v) is 17.4. The van der Waals surface area contributed by atoms with Crippen molar-refractivity contribution in [3.8, 4) is 0 Å². The zero-order chi connectivity index (χ0) is 21.1. The molecule has 1 aromatic heterocycles. The first-order chi connectivity index (χ1) is 14.5. The van der Waals surface area contributed by atoms with Gasteiger partial charge in [0, 0.05) is 30.5 Å². The van der Waals surface area contributed by atoms with Crippen LogP contribution in [-0.4, -0.2) is 34.8 Å². The molecule has 156 valence electrons. The van der Waals surface area contributed by atoms with Crippen molar-refractivity contribution in [1.29, 1.82) is 0 Å². The van der Waals surface area contributed by atoms with Crippen LogP contribution in [0.3, 0.4) is 0 Å². The molecular formula is C24H27FN4O. The number of carbonyl (C=O) groups excluding carboxylic acids is 1. The van der Waals surface area contributed by atoms with Gasteiger partial charge < -0.3 is 10.2 Å². The highest BCUT2D eigenvalue weighted by Gasteiger charge is 2.25. The van der Waals surface area contributed by atoms with Crippen LogP contribution in [0, 0.1) is 19.7 Å². The molecule has 2 aromatic carbocycles. The Morgan fingerprint density at radius 2 is 1.97 bits per heavy atom. The van der Waals surface area contributed by atoms with Gasteiger partial charge in [0.1, 0.15) is 5.82 Å². The van der Waals surface area contributed by atoms with E-state index >= 15 is 0 Å². The van der Waals surface area contributed by atoms with Gasteiger partial charge in [-0.25, -0.2) is 4.39 Å². The van der Waals surface area contributed by atoms with Crippen LogP contribution in [0.25, 0.3) is 0 Å². The lowest BCUT2D eigenvalue weighted by molar-refractivity contribution is 0.0932. The predicted octanol–water partition coefficient (Wildman–Crippen LogP) is 4.09. The number of hydrogen-bond donors (Lipinski definition) is 1. The fraction of sp³-hybridized carbons (Fsp3) is 0.333. The second kappa shape index (κ2) is 8.69. The molecule has 1 aliphatic heterocycles. The van der Waals surface area contributed by atoms with E-state index in [0.29, 0.717) is 18.7 Å². The Kier molecular flexibility index (Phi) is 5.84. The number of rotatable bonds is 5. The molecule has 1 aliphatic rings. The lowest BCUT2D eigenvalue weighted by Crippen LogP contribution is -2.48. The molecule has 0 radical (unpaired) electrons. The van der Waals surface area contributed by atoms with E-state index < -0.39 is 0 Å². The number of nitrogens with zero attached hydrogens (tertiary/aromatic N) is 3. The van der Waals surface area contributed by atoms with Crippen LogP contribution in [0.4, 0.5) is 10.1 Å². The molecule has 30 heavy (non-hydrogen) atoms. The number of carbonyl (C=O) groups is 1. The Bertz CT molecular complexity index is 1030. The van der Waals surface area contributed by atoms with Gasteiger partial charge >= 0.3 is 0 Å². The summed E-state index contributed by atoms with van der Waals surface area (Å²) < 4.78 is 15.5. The number of amides is 1. The molecule has 2 heterocycles. The highest BCUT2D eigenvalue weighted by Crippen LogP contribution is 2.22. The maximum absolute atomic E-state index is 13.6. The summed E-state index contributed by atoms with van der Waals surface area (Å²) in [6.45, 7) is 5.99.